The molecular formula is C84H162N18O9S6. The third-order valence-electron chi connectivity index (χ3n) is 11.8. The van der Waals surface area contributed by atoms with Gasteiger partial charge >= 0.3 is 0 Å². The molecule has 6 aromatic heterocycles. The topological polar surface area (TPSA) is 400 Å². The highest BCUT2D eigenvalue weighted by atomic mass is 32.1. The molecule has 0 bridgehead atoms. The van der Waals surface area contributed by atoms with E-state index in [0.29, 0.717) is 31.4 Å². The molecule has 0 aliphatic rings. The van der Waals surface area contributed by atoms with E-state index in [2.05, 4.69) is 29.9 Å². The van der Waals surface area contributed by atoms with E-state index in [1.165, 1.54) is 58.7 Å². The molecule has 0 aliphatic heterocycles. The number of hydrogen-bond acceptors (Lipinski definition) is 33. The molecule has 0 amide bonds. The van der Waals surface area contributed by atoms with Crippen molar-refractivity contribution in [1.29, 1.82) is 0 Å². The Kier molecular flexibility index (Phi) is 117. The second-order valence-corrected chi connectivity index (χ2v) is 24.3. The fourth-order valence-electron chi connectivity index (χ4n) is 7.24. The third-order valence-corrected chi connectivity index (χ3v) is 18.3. The molecule has 33 heteroatoms. The summed E-state index contributed by atoms with van der Waals surface area (Å²) in [5.41, 5.74) is 5.79. The molecule has 0 saturated carbocycles. The fourth-order valence-corrected chi connectivity index (χ4v) is 12.8. The van der Waals surface area contributed by atoms with Crippen LogP contribution in [0.25, 0.3) is 61.3 Å². The summed E-state index contributed by atoms with van der Waals surface area (Å²) in [5, 5.41) is 40.1. The number of fused-ring (bicyclic) bond motifs is 6. The molecule has 0 spiro atoms. The van der Waals surface area contributed by atoms with Crippen molar-refractivity contribution in [3.05, 3.63) is 146 Å². The maximum absolute atomic E-state index is 9.00. The Hall–Kier alpha value is -8.30. The monoisotopic (exact) mass is 1760 g/mol. The van der Waals surface area contributed by atoms with Crippen molar-refractivity contribution in [3.8, 4) is 0 Å². The molecule has 0 radical (unpaired) electrons. The van der Waals surface area contributed by atoms with E-state index in [1.807, 2.05) is 270 Å². The lowest BCUT2D eigenvalue weighted by Gasteiger charge is -2.22. The molecule has 12 rings (SSSR count). The summed E-state index contributed by atoms with van der Waals surface area (Å²) in [6, 6.07) is 47.5. The van der Waals surface area contributed by atoms with E-state index in [1.54, 1.807) is 65.3 Å². The molecule has 15 N–H and O–H groups in total. The molecule has 678 valence electrons. The Labute approximate surface area is 732 Å². The Morgan fingerprint density at radius 3 is 0.769 bits per heavy atom. The number of nitrogens with zero attached hydrogens (tertiary/aromatic N) is 12. The van der Waals surface area contributed by atoms with Gasteiger partial charge in [0.15, 0.2) is 0 Å². The van der Waals surface area contributed by atoms with Gasteiger partial charge in [0.25, 0.3) is 0 Å². The van der Waals surface area contributed by atoms with Gasteiger partial charge in [-0.15, -0.1) is 0 Å². The van der Waals surface area contributed by atoms with Crippen LogP contribution >= 0.6 is 68.0 Å². The number of para-hydroxylation sites is 6. The lowest BCUT2D eigenvalue weighted by molar-refractivity contribution is -0.0987. The highest BCUT2D eigenvalue weighted by molar-refractivity contribution is 7.24. The van der Waals surface area contributed by atoms with E-state index in [9.17, 15) is 0 Å². The van der Waals surface area contributed by atoms with Crippen LogP contribution in [-0.4, -0.2) is 152 Å². The maximum atomic E-state index is 9.00. The van der Waals surface area contributed by atoms with Crippen molar-refractivity contribution in [3.63, 3.8) is 0 Å². The summed E-state index contributed by atoms with van der Waals surface area (Å²) < 4.78 is 16.8. The largest absolute Gasteiger partial charge is 0.394 e. The lowest BCUT2D eigenvalue weighted by Crippen LogP contribution is -2.41. The summed E-state index contributed by atoms with van der Waals surface area (Å²) in [5.74, 6) is 34.4. The number of nitrogens with two attached hydrogens (primary N) is 6. The fraction of sp³-hybridized carbons (Fsp3) is 0.452. The highest BCUT2D eigenvalue weighted by Crippen LogP contribution is 2.32. The number of aliphatic hydroxyl groups excluding tert-OH is 3. The van der Waals surface area contributed by atoms with Crippen molar-refractivity contribution < 1.29 is 44.0 Å². The van der Waals surface area contributed by atoms with Gasteiger partial charge in [-0.25, -0.2) is 65.0 Å². The average Bonchev–Trinajstić information content (AvgIpc) is 1.73. The zero-order valence-corrected chi connectivity index (χ0v) is 68.8. The first-order chi connectivity index (χ1) is 51.1. The van der Waals surface area contributed by atoms with Crippen molar-refractivity contribution in [2.24, 2.45) is 35.1 Å². The summed E-state index contributed by atoms with van der Waals surface area (Å²) in [4.78, 5) is 58.2. The van der Waals surface area contributed by atoms with Gasteiger partial charge in [0.05, 0.1) is 113 Å². The summed E-state index contributed by atoms with van der Waals surface area (Å²) in [6.45, 7) is 37.9. The van der Waals surface area contributed by atoms with Crippen LogP contribution < -0.4 is 65.1 Å². The average molecular weight is 1760 g/mol. The van der Waals surface area contributed by atoms with Gasteiger partial charge in [-0.3, -0.25) is 30.1 Å². The molecule has 0 aliphatic carbocycles. The van der Waals surface area contributed by atoms with Crippen LogP contribution in [0.2, 0.25) is 0 Å². The highest BCUT2D eigenvalue weighted by Gasteiger charge is 2.16. The number of aliphatic hydroxyl groups is 3. The molecule has 12 aromatic rings. The Balaban J connectivity index is -0.0000000702. The van der Waals surface area contributed by atoms with Crippen LogP contribution in [0.1, 0.15) is 186 Å². The van der Waals surface area contributed by atoms with Crippen LogP contribution in [0.3, 0.4) is 0 Å². The first-order valence-electron chi connectivity index (χ1n) is 33.4. The number of aromatic nitrogens is 6. The Morgan fingerprint density at radius 2 is 0.547 bits per heavy atom. The molecular weight excluding hydrogens is 1600 g/mol. The summed E-state index contributed by atoms with van der Waals surface area (Å²) >= 11 is 9.29. The van der Waals surface area contributed by atoms with Gasteiger partial charge in [0.2, 0.25) is 30.8 Å². The van der Waals surface area contributed by atoms with E-state index >= 15 is 0 Å². The zero-order chi connectivity index (χ0) is 80.8. The Morgan fingerprint density at radius 1 is 0.333 bits per heavy atom. The van der Waals surface area contributed by atoms with Crippen LogP contribution in [0.15, 0.2) is 146 Å². The number of rotatable bonds is 17. The van der Waals surface area contributed by atoms with Gasteiger partial charge in [-0.1, -0.05) is 313 Å². The summed E-state index contributed by atoms with van der Waals surface area (Å²) in [7, 11) is 5.12. The molecule has 2 unspecified atom stereocenters. The number of anilines is 6. The molecule has 2 atom stereocenters. The molecule has 6 heterocycles. The molecule has 6 aromatic carbocycles. The smallest absolute Gasteiger partial charge is 0.202 e. The minimum absolute atomic E-state index is 0. The van der Waals surface area contributed by atoms with Gasteiger partial charge in [0.1, 0.15) is 33.9 Å². The van der Waals surface area contributed by atoms with Crippen LogP contribution in [-0.2, 0) is 28.7 Å². The number of carbonyl (C=O) groups is 4. The van der Waals surface area contributed by atoms with Crippen LogP contribution in [0, 0.1) is 0 Å². The number of hydrogen-bond donors (Lipinski definition) is 9. The van der Waals surface area contributed by atoms with Crippen molar-refractivity contribution >= 4 is 187 Å². The second kappa shape index (κ2) is 93.2. The van der Waals surface area contributed by atoms with E-state index < -0.39 is 0 Å². The van der Waals surface area contributed by atoms with Gasteiger partial charge in [-0.2, -0.15) is 0 Å². The van der Waals surface area contributed by atoms with Gasteiger partial charge in [0, 0.05) is 21.3 Å². The normalized spacial score (nSPS) is 8.80. The summed E-state index contributed by atoms with van der Waals surface area (Å²) in [6.07, 6.45) is 0. The number of benzene rings is 6. The number of carbonyl (C=O) groups excluding carboxylic acids is 4. The predicted molar refractivity (Wildman–Crippen MR) is 535 cm³/mol. The van der Waals surface area contributed by atoms with Gasteiger partial charge < -0.3 is 44.0 Å². The number of ether oxygens (including phenoxy) is 2. The lowest BCUT2D eigenvalue weighted by atomic mass is 10.3. The first kappa shape index (κ1) is 147. The maximum Gasteiger partial charge on any atom is 0.202 e. The van der Waals surface area contributed by atoms with Gasteiger partial charge in [-0.05, 0) is 86.6 Å². The van der Waals surface area contributed by atoms with Crippen LogP contribution in [0.4, 0.5) is 30.8 Å². The SMILES string of the molecule is C.C.C.C.C.C.C.C.C.C.C.C.C=O.C=O.C=O.C=O.CC.CC.CC.CC.CC.CC.CC(CO)N(N)c1nc2ccccc2s1.CN(N)c1nc2ccccc2s1.COCC(C)N(N)c1nc2ccccc2s1.COCCN(N)c1nc2ccccc2s1.NN(CCO)c1nc2ccccc2s1.NN(CO)c1nc2ccccc2s1. The first-order valence-corrected chi connectivity index (χ1v) is 38.3. The number of methoxy groups -OCH3 is 2. The van der Waals surface area contributed by atoms with E-state index in [4.69, 9.17) is 79.0 Å². The molecule has 27 nitrogen and oxygen atoms in total. The second-order valence-electron chi connectivity index (χ2n) is 18.3. The standard InChI is InChI=1S/C11H15N3OS.2C10H13N3OS.C9H11N3OS.C8H9N3OS.C8H9N3S.6C2H6.4CH2O.12CH4/c1-8(7-15-2)14(12)11-13-9-5-3-4-6-10(9)16-11;1-14-7-6-13(11)10-12-8-4-2-3-5-9(8)15-10;1-7(6-14)13(11)10-12-8-4-2-3-5-9(8)15-10;10-12(5-6-13)9-11-7-3-1-2-4-8(7)14-9;9-11(5-12)8-10-6-3-1-2-4-7(6)13-8;1-11(9)8-10-6-4-2-3-5-7(6)12-8;10*1-2;;;;;;;;;;;;/h3-6,8H,7,12H2,1-2H3;2-5H,6-7,11H2,1H3;2-5,7,14H,6,11H2,1H3;1-4,13H,5-6,10H2;1-4,12H,5,9H2;2-5H,9H2,1H3;6*1-2H3;4*1H2;12*1H4. The van der Waals surface area contributed by atoms with Crippen molar-refractivity contribution in [2.45, 2.75) is 198 Å². The molecule has 0 saturated heterocycles. The van der Waals surface area contributed by atoms with Crippen LogP contribution in [0.5, 0.6) is 0 Å². The quantitative estimate of drug-likeness (QED) is 0.0232. The van der Waals surface area contributed by atoms with E-state index in [-0.39, 0.29) is 121 Å². The minimum atomic E-state index is -0.222. The molecule has 0 fully saturated rings. The third kappa shape index (κ3) is 52.3. The minimum Gasteiger partial charge on any atom is -0.394 e. The van der Waals surface area contributed by atoms with E-state index in [0.717, 1.165) is 82.3 Å². The Bertz CT molecular complexity index is 3800. The number of hydrazine groups is 6. The zero-order valence-electron chi connectivity index (χ0n) is 63.9. The molecule has 117 heavy (non-hydrogen) atoms. The van der Waals surface area contributed by atoms with Crippen molar-refractivity contribution in [2.75, 3.05) is 97.6 Å². The predicted octanol–water partition coefficient (Wildman–Crippen LogP) is 21.5. The van der Waals surface area contributed by atoms with Crippen molar-refractivity contribution in [1.82, 2.24) is 29.9 Å². The number of thiazole rings is 6.